The number of carbonyl (C=O) groups is 1. The molecule has 0 radical (unpaired) electrons. The Balaban J connectivity index is 1.58. The molecule has 2 fully saturated rings. The van der Waals surface area contributed by atoms with E-state index in [-0.39, 0.29) is 17.3 Å². The third-order valence-corrected chi connectivity index (χ3v) is 5.73. The molecule has 110 valence electrons. The third kappa shape index (κ3) is 2.41. The van der Waals surface area contributed by atoms with Gasteiger partial charge in [0.05, 0.1) is 17.1 Å². The molecule has 2 saturated heterocycles. The van der Waals surface area contributed by atoms with E-state index in [2.05, 4.69) is 12.1 Å². The average molecular weight is 302 g/mol. The van der Waals surface area contributed by atoms with Gasteiger partial charge in [0.1, 0.15) is 0 Å². The van der Waals surface area contributed by atoms with Crippen LogP contribution < -0.4 is 0 Å². The lowest BCUT2D eigenvalue weighted by molar-refractivity contribution is -0.0920. The van der Waals surface area contributed by atoms with Gasteiger partial charge in [0.15, 0.2) is 5.78 Å². The average Bonchev–Trinajstić information content (AvgIpc) is 3.13. The van der Waals surface area contributed by atoms with Crippen LogP contribution in [0.1, 0.15) is 28.9 Å². The largest absolute Gasteiger partial charge is 0.378 e. The normalized spacial score (nSPS) is 29.2. The SMILES string of the molecule is O=C(c1cc2ccccc2s1)C1CCOC2(CCOC2)C1. The Morgan fingerprint density at radius 3 is 3.00 bits per heavy atom. The van der Waals surface area contributed by atoms with Crippen molar-refractivity contribution in [3.05, 3.63) is 35.2 Å². The molecular formula is C17H18O3S. The highest BCUT2D eigenvalue weighted by Crippen LogP contribution is 2.38. The van der Waals surface area contributed by atoms with E-state index >= 15 is 0 Å². The quantitative estimate of drug-likeness (QED) is 0.794. The number of carbonyl (C=O) groups excluding carboxylic acids is 1. The number of ketones is 1. The van der Waals surface area contributed by atoms with Crippen molar-refractivity contribution >= 4 is 27.2 Å². The second-order valence-corrected chi connectivity index (χ2v) is 7.12. The zero-order valence-electron chi connectivity index (χ0n) is 11.8. The van der Waals surface area contributed by atoms with Crippen LogP contribution in [0, 0.1) is 5.92 Å². The summed E-state index contributed by atoms with van der Waals surface area (Å²) in [5.74, 6) is 0.360. The summed E-state index contributed by atoms with van der Waals surface area (Å²) < 4.78 is 12.6. The first-order valence-corrected chi connectivity index (χ1v) is 8.32. The van der Waals surface area contributed by atoms with Crippen molar-refractivity contribution < 1.29 is 14.3 Å². The van der Waals surface area contributed by atoms with Crippen molar-refractivity contribution in [2.45, 2.75) is 24.9 Å². The van der Waals surface area contributed by atoms with Crippen molar-refractivity contribution in [1.82, 2.24) is 0 Å². The Bertz CT molecular complexity index is 636. The van der Waals surface area contributed by atoms with E-state index in [0.29, 0.717) is 13.2 Å². The van der Waals surface area contributed by atoms with Crippen LogP contribution in [-0.2, 0) is 9.47 Å². The molecule has 4 rings (SSSR count). The highest BCUT2D eigenvalue weighted by atomic mass is 32.1. The summed E-state index contributed by atoms with van der Waals surface area (Å²) in [6, 6.07) is 10.2. The van der Waals surface area contributed by atoms with E-state index in [1.54, 1.807) is 11.3 Å². The van der Waals surface area contributed by atoms with Gasteiger partial charge in [-0.2, -0.15) is 0 Å². The predicted molar refractivity (Wildman–Crippen MR) is 83.0 cm³/mol. The van der Waals surface area contributed by atoms with Crippen molar-refractivity contribution in [2.75, 3.05) is 19.8 Å². The highest BCUT2D eigenvalue weighted by Gasteiger charge is 2.43. The zero-order valence-corrected chi connectivity index (χ0v) is 12.7. The fraction of sp³-hybridized carbons (Fsp3) is 0.471. The predicted octanol–water partition coefficient (Wildman–Crippen LogP) is 3.67. The fourth-order valence-corrected chi connectivity index (χ4v) is 4.50. The molecule has 2 aliphatic rings. The number of fused-ring (bicyclic) bond motifs is 1. The van der Waals surface area contributed by atoms with Gasteiger partial charge < -0.3 is 9.47 Å². The lowest BCUT2D eigenvalue weighted by atomic mass is 9.82. The summed E-state index contributed by atoms with van der Waals surface area (Å²) in [7, 11) is 0. The van der Waals surface area contributed by atoms with E-state index in [4.69, 9.17) is 9.47 Å². The Morgan fingerprint density at radius 2 is 2.19 bits per heavy atom. The molecule has 1 aromatic heterocycles. The molecule has 0 N–H and O–H groups in total. The van der Waals surface area contributed by atoms with Gasteiger partial charge in [-0.15, -0.1) is 11.3 Å². The van der Waals surface area contributed by atoms with E-state index in [9.17, 15) is 4.79 Å². The molecule has 2 atom stereocenters. The summed E-state index contributed by atoms with van der Waals surface area (Å²) in [4.78, 5) is 13.7. The Labute approximate surface area is 127 Å². The van der Waals surface area contributed by atoms with E-state index in [1.807, 2.05) is 18.2 Å². The summed E-state index contributed by atoms with van der Waals surface area (Å²) in [5, 5.41) is 1.16. The first kappa shape index (κ1) is 13.4. The molecule has 1 spiro atoms. The van der Waals surface area contributed by atoms with Gasteiger partial charge in [-0.25, -0.2) is 0 Å². The van der Waals surface area contributed by atoms with Gasteiger partial charge in [0, 0.05) is 30.3 Å². The van der Waals surface area contributed by atoms with Gasteiger partial charge in [-0.05, 0) is 30.4 Å². The van der Waals surface area contributed by atoms with Crippen LogP contribution >= 0.6 is 11.3 Å². The zero-order chi connectivity index (χ0) is 14.3. The van der Waals surface area contributed by atoms with Crippen LogP contribution in [0.5, 0.6) is 0 Å². The van der Waals surface area contributed by atoms with Gasteiger partial charge in [0.25, 0.3) is 0 Å². The lowest BCUT2D eigenvalue weighted by Gasteiger charge is -2.36. The van der Waals surface area contributed by atoms with E-state index in [0.717, 1.165) is 36.1 Å². The fourth-order valence-electron chi connectivity index (χ4n) is 3.42. The van der Waals surface area contributed by atoms with Crippen molar-refractivity contribution in [3.63, 3.8) is 0 Å². The molecule has 1 aromatic carbocycles. The molecule has 21 heavy (non-hydrogen) atoms. The minimum absolute atomic E-state index is 0.0773. The second kappa shape index (κ2) is 5.20. The van der Waals surface area contributed by atoms with Gasteiger partial charge >= 0.3 is 0 Å². The van der Waals surface area contributed by atoms with Gasteiger partial charge in [-0.3, -0.25) is 4.79 Å². The Morgan fingerprint density at radius 1 is 1.29 bits per heavy atom. The Hall–Kier alpha value is -1.23. The summed E-state index contributed by atoms with van der Waals surface area (Å²) in [6.45, 7) is 2.07. The number of hydrogen-bond donors (Lipinski definition) is 0. The number of hydrogen-bond acceptors (Lipinski definition) is 4. The Kier molecular flexibility index (Phi) is 3.32. The topological polar surface area (TPSA) is 35.5 Å². The minimum atomic E-state index is -0.199. The van der Waals surface area contributed by atoms with Crippen LogP contribution in [0.4, 0.5) is 0 Å². The number of benzene rings is 1. The van der Waals surface area contributed by atoms with Crippen molar-refractivity contribution in [1.29, 1.82) is 0 Å². The van der Waals surface area contributed by atoms with Crippen LogP contribution in [0.25, 0.3) is 10.1 Å². The maximum Gasteiger partial charge on any atom is 0.176 e. The first-order valence-electron chi connectivity index (χ1n) is 7.50. The molecule has 3 heterocycles. The standard InChI is InChI=1S/C17H18O3S/c18-16(15-9-12-3-1-2-4-14(12)21-15)13-5-7-20-17(10-13)6-8-19-11-17/h1-4,9,13H,5-8,10-11H2. The highest BCUT2D eigenvalue weighted by molar-refractivity contribution is 7.20. The van der Waals surface area contributed by atoms with Crippen molar-refractivity contribution in [2.24, 2.45) is 5.92 Å². The summed E-state index contributed by atoms with van der Waals surface area (Å²) >= 11 is 1.61. The molecule has 0 saturated carbocycles. The molecule has 3 nitrogen and oxygen atoms in total. The number of Topliss-reactive ketones (excluding diaryl/α,β-unsaturated/α-hetero) is 1. The number of thiophene rings is 1. The molecule has 2 aliphatic heterocycles. The maximum absolute atomic E-state index is 12.8. The summed E-state index contributed by atoms with van der Waals surface area (Å²) in [6.07, 6.45) is 2.55. The van der Waals surface area contributed by atoms with Crippen molar-refractivity contribution in [3.8, 4) is 0 Å². The van der Waals surface area contributed by atoms with Gasteiger partial charge in [0.2, 0.25) is 0 Å². The smallest absolute Gasteiger partial charge is 0.176 e. The summed E-state index contributed by atoms with van der Waals surface area (Å²) in [5.41, 5.74) is -0.199. The second-order valence-electron chi connectivity index (χ2n) is 6.04. The molecular weight excluding hydrogens is 284 g/mol. The maximum atomic E-state index is 12.8. The van der Waals surface area contributed by atoms with E-state index < -0.39 is 0 Å². The van der Waals surface area contributed by atoms with Crippen LogP contribution in [0.15, 0.2) is 30.3 Å². The molecule has 0 amide bonds. The molecule has 4 heteroatoms. The molecule has 0 aliphatic carbocycles. The van der Waals surface area contributed by atoms with E-state index in [1.165, 1.54) is 4.70 Å². The third-order valence-electron chi connectivity index (χ3n) is 4.60. The lowest BCUT2D eigenvalue weighted by Crippen LogP contribution is -2.42. The van der Waals surface area contributed by atoms with Crippen LogP contribution in [-0.4, -0.2) is 31.2 Å². The van der Waals surface area contributed by atoms with Gasteiger partial charge in [-0.1, -0.05) is 18.2 Å². The minimum Gasteiger partial charge on any atom is -0.378 e. The monoisotopic (exact) mass is 302 g/mol. The molecule has 0 bridgehead atoms. The van der Waals surface area contributed by atoms with Crippen LogP contribution in [0.3, 0.4) is 0 Å². The number of rotatable bonds is 2. The van der Waals surface area contributed by atoms with Crippen LogP contribution in [0.2, 0.25) is 0 Å². The number of ether oxygens (including phenoxy) is 2. The molecule has 2 unspecified atom stereocenters. The first-order chi connectivity index (χ1) is 10.3. The molecule has 2 aromatic rings.